The van der Waals surface area contributed by atoms with Crippen LogP contribution in [0.2, 0.25) is 0 Å². The number of imidazole rings is 1. The Labute approximate surface area is 183 Å². The summed E-state index contributed by atoms with van der Waals surface area (Å²) in [5.74, 6) is -5.18. The molecule has 14 heteroatoms. The number of H-pyrrole nitrogens is 1. The van der Waals surface area contributed by atoms with Gasteiger partial charge in [-0.15, -0.1) is 0 Å². The lowest BCUT2D eigenvalue weighted by Crippen LogP contribution is -2.59. The molecule has 1 aromatic rings. The average Bonchev–Trinajstić information content (AvgIpc) is 3.22. The molecule has 1 aromatic heterocycles. The van der Waals surface area contributed by atoms with Gasteiger partial charge in [-0.3, -0.25) is 19.2 Å². The number of rotatable bonds is 13. The van der Waals surface area contributed by atoms with Crippen LogP contribution in [0.25, 0.3) is 0 Å². The van der Waals surface area contributed by atoms with Gasteiger partial charge in [-0.25, -0.2) is 9.78 Å². The van der Waals surface area contributed by atoms with Crippen LogP contribution in [-0.2, 0) is 30.4 Å². The smallest absolute Gasteiger partial charge is 0.326 e. The van der Waals surface area contributed by atoms with Gasteiger partial charge in [-0.1, -0.05) is 13.8 Å². The van der Waals surface area contributed by atoms with Gasteiger partial charge < -0.3 is 42.6 Å². The second-order valence-corrected chi connectivity index (χ2v) is 7.43. The minimum Gasteiger partial charge on any atom is -0.480 e. The third kappa shape index (κ3) is 8.31. The molecule has 0 saturated heterocycles. The first-order valence-corrected chi connectivity index (χ1v) is 9.72. The van der Waals surface area contributed by atoms with Crippen LogP contribution in [0.1, 0.15) is 26.0 Å². The Hall–Kier alpha value is -3.52. The maximum atomic E-state index is 12.8. The van der Waals surface area contributed by atoms with Gasteiger partial charge in [0.1, 0.15) is 18.1 Å². The number of aromatic nitrogens is 2. The van der Waals surface area contributed by atoms with Gasteiger partial charge >= 0.3 is 5.97 Å². The highest BCUT2D eigenvalue weighted by atomic mass is 16.4. The van der Waals surface area contributed by atoms with E-state index in [1.807, 2.05) is 5.32 Å². The van der Waals surface area contributed by atoms with Gasteiger partial charge in [0, 0.05) is 18.3 Å². The summed E-state index contributed by atoms with van der Waals surface area (Å²) in [6.45, 7) is 2.58. The molecule has 10 N–H and O–H groups in total. The molecule has 4 atom stereocenters. The van der Waals surface area contributed by atoms with Crippen LogP contribution in [0.3, 0.4) is 0 Å². The third-order valence-electron chi connectivity index (χ3n) is 4.47. The first-order valence-electron chi connectivity index (χ1n) is 9.72. The molecule has 0 radical (unpaired) electrons. The van der Waals surface area contributed by atoms with Gasteiger partial charge in [0.15, 0.2) is 0 Å². The molecule has 0 aliphatic heterocycles. The predicted molar refractivity (Wildman–Crippen MR) is 109 cm³/mol. The number of carboxylic acids is 1. The topological polar surface area (TPSA) is 243 Å². The molecule has 0 bridgehead atoms. The summed E-state index contributed by atoms with van der Waals surface area (Å²) in [7, 11) is 0. The van der Waals surface area contributed by atoms with E-state index < -0.39 is 66.8 Å². The number of aliphatic hydroxyl groups excluding tert-OH is 1. The van der Waals surface area contributed by atoms with Crippen LogP contribution in [0.4, 0.5) is 0 Å². The second-order valence-electron chi connectivity index (χ2n) is 7.43. The van der Waals surface area contributed by atoms with Crippen molar-refractivity contribution >= 4 is 29.6 Å². The molecule has 0 aliphatic carbocycles. The standard InChI is InChI=1S/C18H29N7O7/c1-8(2)14(20)17(30)23-10(3-9-5-21-7-22-9)15(28)25-12(6-26)16(29)24-11(18(31)32)4-13(19)27/h5,7-8,10-12,14,26H,3-4,6,20H2,1-2H3,(H2,19,27)(H,21,22)(H,23,30)(H,24,29)(H,25,28)(H,31,32). The number of aromatic amines is 1. The van der Waals surface area contributed by atoms with E-state index in [2.05, 4.69) is 20.6 Å². The Morgan fingerprint density at radius 1 is 1.03 bits per heavy atom. The Kier molecular flexibility index (Phi) is 10.2. The van der Waals surface area contributed by atoms with Crippen LogP contribution in [0.5, 0.6) is 0 Å². The Morgan fingerprint density at radius 3 is 2.06 bits per heavy atom. The summed E-state index contributed by atoms with van der Waals surface area (Å²) in [6.07, 6.45) is 2.10. The van der Waals surface area contributed by atoms with Gasteiger partial charge in [-0.2, -0.15) is 0 Å². The zero-order valence-electron chi connectivity index (χ0n) is 17.7. The predicted octanol–water partition coefficient (Wildman–Crippen LogP) is -3.66. The minimum atomic E-state index is -1.64. The normalized spacial score (nSPS) is 14.7. The van der Waals surface area contributed by atoms with Crippen molar-refractivity contribution in [3.8, 4) is 0 Å². The summed E-state index contributed by atoms with van der Waals surface area (Å²) >= 11 is 0. The number of aliphatic hydroxyl groups is 1. The molecule has 0 saturated carbocycles. The van der Waals surface area contributed by atoms with Crippen LogP contribution in [0, 0.1) is 5.92 Å². The molecule has 14 nitrogen and oxygen atoms in total. The zero-order valence-corrected chi connectivity index (χ0v) is 17.7. The van der Waals surface area contributed by atoms with Crippen LogP contribution < -0.4 is 27.4 Å². The molecule has 0 aliphatic rings. The minimum absolute atomic E-state index is 0.0262. The number of amides is 4. The van der Waals surface area contributed by atoms with Gasteiger partial charge in [0.2, 0.25) is 23.6 Å². The van der Waals surface area contributed by atoms with Crippen molar-refractivity contribution in [2.45, 2.75) is 50.9 Å². The SMILES string of the molecule is CC(C)C(N)C(=O)NC(Cc1cnc[nH]1)C(=O)NC(CO)C(=O)NC(CC(N)=O)C(=O)O. The van der Waals surface area contributed by atoms with E-state index in [9.17, 15) is 29.1 Å². The summed E-state index contributed by atoms with van der Waals surface area (Å²) in [6, 6.07) is -5.28. The number of hydrogen-bond donors (Lipinski definition) is 8. The number of primary amides is 1. The molecule has 4 amide bonds. The van der Waals surface area contributed by atoms with Crippen LogP contribution in [0.15, 0.2) is 12.5 Å². The van der Waals surface area contributed by atoms with Crippen LogP contribution >= 0.6 is 0 Å². The fraction of sp³-hybridized carbons (Fsp3) is 0.556. The fourth-order valence-corrected chi connectivity index (χ4v) is 2.54. The lowest BCUT2D eigenvalue weighted by Gasteiger charge is -2.24. The highest BCUT2D eigenvalue weighted by Gasteiger charge is 2.31. The van der Waals surface area contributed by atoms with Gasteiger partial charge in [0.25, 0.3) is 0 Å². The number of hydrogen-bond acceptors (Lipinski definition) is 8. The maximum absolute atomic E-state index is 12.8. The Bertz CT molecular complexity index is 813. The molecule has 0 fully saturated rings. The van der Waals surface area contributed by atoms with Crippen molar-refractivity contribution < 1.29 is 34.2 Å². The van der Waals surface area contributed by atoms with Gasteiger partial charge in [-0.05, 0) is 5.92 Å². The average molecular weight is 455 g/mol. The monoisotopic (exact) mass is 455 g/mol. The quantitative estimate of drug-likeness (QED) is 0.146. The number of nitrogens with zero attached hydrogens (tertiary/aromatic N) is 1. The first-order chi connectivity index (χ1) is 15.0. The molecule has 1 rings (SSSR count). The number of carboxylic acid groups (broad SMARTS) is 1. The van der Waals surface area contributed by atoms with Crippen LogP contribution in [-0.4, -0.2) is 80.6 Å². The molecule has 0 spiro atoms. The Morgan fingerprint density at radius 2 is 1.59 bits per heavy atom. The number of aliphatic carboxylic acids is 1. The van der Waals surface area contributed by atoms with E-state index in [0.29, 0.717) is 5.69 Å². The van der Waals surface area contributed by atoms with Gasteiger partial charge in [0.05, 0.1) is 25.4 Å². The van der Waals surface area contributed by atoms with Crippen molar-refractivity contribution in [3.05, 3.63) is 18.2 Å². The Balaban J connectivity index is 2.94. The molecular formula is C18H29N7O7. The lowest BCUT2D eigenvalue weighted by molar-refractivity contribution is -0.144. The summed E-state index contributed by atoms with van der Waals surface area (Å²) < 4.78 is 0. The van der Waals surface area contributed by atoms with E-state index in [1.165, 1.54) is 12.5 Å². The van der Waals surface area contributed by atoms with Crippen molar-refractivity contribution in [2.24, 2.45) is 17.4 Å². The van der Waals surface area contributed by atoms with E-state index in [-0.39, 0.29) is 12.3 Å². The number of carbonyl (C=O) groups is 5. The third-order valence-corrected chi connectivity index (χ3v) is 4.47. The highest BCUT2D eigenvalue weighted by molar-refractivity contribution is 5.95. The number of carbonyl (C=O) groups excluding carboxylic acids is 4. The van der Waals surface area contributed by atoms with Crippen molar-refractivity contribution in [3.63, 3.8) is 0 Å². The largest absolute Gasteiger partial charge is 0.480 e. The van der Waals surface area contributed by atoms with Crippen molar-refractivity contribution in [2.75, 3.05) is 6.61 Å². The molecule has 178 valence electrons. The molecule has 4 unspecified atom stereocenters. The highest BCUT2D eigenvalue weighted by Crippen LogP contribution is 2.04. The molecule has 0 aromatic carbocycles. The molecule has 1 heterocycles. The number of nitrogens with one attached hydrogen (secondary N) is 4. The van der Waals surface area contributed by atoms with E-state index in [4.69, 9.17) is 16.6 Å². The summed E-state index contributed by atoms with van der Waals surface area (Å²) in [4.78, 5) is 66.3. The molecular weight excluding hydrogens is 426 g/mol. The van der Waals surface area contributed by atoms with Crippen molar-refractivity contribution in [1.29, 1.82) is 0 Å². The van der Waals surface area contributed by atoms with Crippen molar-refractivity contribution in [1.82, 2.24) is 25.9 Å². The summed E-state index contributed by atoms with van der Waals surface area (Å²) in [5.41, 5.74) is 11.3. The van der Waals surface area contributed by atoms with E-state index in [1.54, 1.807) is 13.8 Å². The number of nitrogens with two attached hydrogens (primary N) is 2. The fourth-order valence-electron chi connectivity index (χ4n) is 2.54. The molecule has 32 heavy (non-hydrogen) atoms. The van der Waals surface area contributed by atoms with E-state index in [0.717, 1.165) is 0 Å². The van der Waals surface area contributed by atoms with E-state index >= 15 is 0 Å². The second kappa shape index (κ2) is 12.4. The zero-order chi connectivity index (χ0) is 24.4. The first kappa shape index (κ1) is 26.5. The summed E-state index contributed by atoms with van der Waals surface area (Å²) in [5, 5.41) is 25.4. The maximum Gasteiger partial charge on any atom is 0.326 e. The lowest BCUT2D eigenvalue weighted by atomic mass is 10.0.